The standard InChI is InChI=1S/C18H24N2O2/c1-20-12-9-14-15(7-6-8-16(14)20)17(21)19-13-18(22)10-4-2-3-5-11-18/h6-9,12,22H,2-5,10-11,13H2,1H3,(H,19,21). The first-order valence-electron chi connectivity index (χ1n) is 8.14. The summed E-state index contributed by atoms with van der Waals surface area (Å²) in [5.74, 6) is -0.102. The minimum Gasteiger partial charge on any atom is -0.388 e. The van der Waals surface area contributed by atoms with Gasteiger partial charge in [-0.3, -0.25) is 4.79 Å². The molecule has 1 amide bonds. The van der Waals surface area contributed by atoms with Gasteiger partial charge in [-0.25, -0.2) is 0 Å². The number of fused-ring (bicyclic) bond motifs is 1. The molecule has 4 heteroatoms. The third-order valence-corrected chi connectivity index (χ3v) is 4.78. The van der Waals surface area contributed by atoms with E-state index >= 15 is 0 Å². The lowest BCUT2D eigenvalue weighted by Crippen LogP contribution is -2.42. The number of amides is 1. The van der Waals surface area contributed by atoms with Gasteiger partial charge >= 0.3 is 0 Å². The number of aromatic nitrogens is 1. The van der Waals surface area contributed by atoms with Crippen LogP contribution < -0.4 is 5.32 Å². The number of benzene rings is 1. The highest BCUT2D eigenvalue weighted by Gasteiger charge is 2.28. The van der Waals surface area contributed by atoms with Crippen molar-refractivity contribution < 1.29 is 9.90 Å². The van der Waals surface area contributed by atoms with Gasteiger partial charge in [-0.05, 0) is 31.0 Å². The smallest absolute Gasteiger partial charge is 0.252 e. The van der Waals surface area contributed by atoms with Crippen molar-refractivity contribution in [1.29, 1.82) is 0 Å². The lowest BCUT2D eigenvalue weighted by molar-refractivity contribution is 0.0247. The summed E-state index contributed by atoms with van der Waals surface area (Å²) in [5, 5.41) is 14.5. The fourth-order valence-electron chi connectivity index (χ4n) is 3.40. The lowest BCUT2D eigenvalue weighted by Gasteiger charge is -2.26. The first kappa shape index (κ1) is 15.1. The van der Waals surface area contributed by atoms with Crippen molar-refractivity contribution in [3.63, 3.8) is 0 Å². The Morgan fingerprint density at radius 3 is 2.68 bits per heavy atom. The molecule has 1 fully saturated rings. The van der Waals surface area contributed by atoms with Gasteiger partial charge in [0.05, 0.1) is 5.60 Å². The molecule has 0 unspecified atom stereocenters. The molecule has 0 bridgehead atoms. The number of carbonyl (C=O) groups excluding carboxylic acids is 1. The van der Waals surface area contributed by atoms with E-state index < -0.39 is 5.60 Å². The van der Waals surface area contributed by atoms with Gasteiger partial charge in [0.15, 0.2) is 0 Å². The van der Waals surface area contributed by atoms with Crippen molar-refractivity contribution in [3.8, 4) is 0 Å². The van der Waals surface area contributed by atoms with Gasteiger partial charge in [0.1, 0.15) is 0 Å². The molecule has 1 aromatic carbocycles. The summed E-state index contributed by atoms with van der Waals surface area (Å²) in [6, 6.07) is 7.71. The van der Waals surface area contributed by atoms with Crippen LogP contribution in [0.3, 0.4) is 0 Å². The Balaban J connectivity index is 1.73. The Kier molecular flexibility index (Phi) is 4.21. The summed E-state index contributed by atoms with van der Waals surface area (Å²) in [6.45, 7) is 0.342. The lowest BCUT2D eigenvalue weighted by atomic mass is 9.94. The second-order valence-corrected chi connectivity index (χ2v) is 6.49. The number of aliphatic hydroxyl groups is 1. The topological polar surface area (TPSA) is 54.3 Å². The summed E-state index contributed by atoms with van der Waals surface area (Å²) in [4.78, 5) is 12.5. The van der Waals surface area contributed by atoms with Crippen LogP contribution in [0.15, 0.2) is 30.5 Å². The third-order valence-electron chi connectivity index (χ3n) is 4.78. The second-order valence-electron chi connectivity index (χ2n) is 6.49. The van der Waals surface area contributed by atoms with Crippen molar-refractivity contribution in [2.75, 3.05) is 6.54 Å². The van der Waals surface area contributed by atoms with Crippen LogP contribution in [0, 0.1) is 0 Å². The average Bonchev–Trinajstić information content (AvgIpc) is 2.76. The van der Waals surface area contributed by atoms with E-state index in [1.54, 1.807) is 0 Å². The molecule has 2 aromatic rings. The van der Waals surface area contributed by atoms with Gasteiger partial charge in [0.25, 0.3) is 5.91 Å². The predicted molar refractivity (Wildman–Crippen MR) is 87.9 cm³/mol. The van der Waals surface area contributed by atoms with Gasteiger partial charge in [-0.15, -0.1) is 0 Å². The maximum absolute atomic E-state index is 12.5. The molecule has 0 atom stereocenters. The van der Waals surface area contributed by atoms with Crippen molar-refractivity contribution >= 4 is 16.8 Å². The summed E-state index contributed by atoms with van der Waals surface area (Å²) in [7, 11) is 1.97. The maximum atomic E-state index is 12.5. The molecule has 1 aliphatic rings. The Bertz CT molecular complexity index is 667. The number of nitrogens with one attached hydrogen (secondary N) is 1. The largest absolute Gasteiger partial charge is 0.388 e. The van der Waals surface area contributed by atoms with E-state index in [-0.39, 0.29) is 5.91 Å². The van der Waals surface area contributed by atoms with E-state index in [1.807, 2.05) is 42.1 Å². The number of carbonyl (C=O) groups is 1. The molecule has 1 heterocycles. The highest BCUT2D eigenvalue weighted by molar-refractivity contribution is 6.06. The fraction of sp³-hybridized carbons (Fsp3) is 0.500. The highest BCUT2D eigenvalue weighted by Crippen LogP contribution is 2.26. The van der Waals surface area contributed by atoms with Crippen LogP contribution in [0.25, 0.3) is 10.9 Å². The number of rotatable bonds is 3. The second kappa shape index (κ2) is 6.13. The van der Waals surface area contributed by atoms with Crippen molar-refractivity contribution in [2.45, 2.75) is 44.1 Å². The zero-order valence-corrected chi connectivity index (χ0v) is 13.1. The number of hydrogen-bond donors (Lipinski definition) is 2. The first-order valence-corrected chi connectivity index (χ1v) is 8.14. The Morgan fingerprint density at radius 1 is 1.23 bits per heavy atom. The van der Waals surface area contributed by atoms with Crippen molar-refractivity contribution in [3.05, 3.63) is 36.0 Å². The summed E-state index contributed by atoms with van der Waals surface area (Å²) in [5.41, 5.74) is 0.979. The molecule has 1 aromatic heterocycles. The van der Waals surface area contributed by atoms with Crippen LogP contribution in [0.1, 0.15) is 48.9 Å². The summed E-state index contributed by atoms with van der Waals surface area (Å²) >= 11 is 0. The first-order chi connectivity index (χ1) is 10.6. The molecule has 0 aliphatic heterocycles. The Morgan fingerprint density at radius 2 is 1.95 bits per heavy atom. The van der Waals surface area contributed by atoms with Crippen molar-refractivity contribution in [2.24, 2.45) is 7.05 Å². The van der Waals surface area contributed by atoms with E-state index in [9.17, 15) is 9.90 Å². The van der Waals surface area contributed by atoms with Crippen LogP contribution in [0.4, 0.5) is 0 Å². The van der Waals surface area contributed by atoms with E-state index in [1.165, 1.54) is 12.8 Å². The third kappa shape index (κ3) is 3.02. The fourth-order valence-corrected chi connectivity index (χ4v) is 3.40. The van der Waals surface area contributed by atoms with Crippen LogP contribution in [-0.4, -0.2) is 27.7 Å². The summed E-state index contributed by atoms with van der Waals surface area (Å²) < 4.78 is 2.00. The molecule has 0 radical (unpaired) electrons. The van der Waals surface area contributed by atoms with E-state index in [2.05, 4.69) is 5.32 Å². The minimum absolute atomic E-state index is 0.102. The SMILES string of the molecule is Cn1ccc2c(C(=O)NCC3(O)CCCCCC3)cccc21. The summed E-state index contributed by atoms with van der Waals surface area (Å²) in [6.07, 6.45) is 7.96. The van der Waals surface area contributed by atoms with Gasteiger partial charge in [0.2, 0.25) is 0 Å². The number of aryl methyl sites for hydroxylation is 1. The average molecular weight is 300 g/mol. The molecule has 3 rings (SSSR count). The molecule has 118 valence electrons. The van der Waals surface area contributed by atoms with Crippen molar-refractivity contribution in [1.82, 2.24) is 9.88 Å². The van der Waals surface area contributed by atoms with Gasteiger partial charge in [-0.1, -0.05) is 31.7 Å². The molecule has 1 aliphatic carbocycles. The quantitative estimate of drug-likeness (QED) is 0.856. The Labute approximate surface area is 131 Å². The molecule has 0 spiro atoms. The van der Waals surface area contributed by atoms with E-state index in [0.29, 0.717) is 12.1 Å². The minimum atomic E-state index is -0.739. The highest BCUT2D eigenvalue weighted by atomic mass is 16.3. The molecule has 4 nitrogen and oxygen atoms in total. The van der Waals surface area contributed by atoms with Gasteiger partial charge < -0.3 is 15.0 Å². The van der Waals surface area contributed by atoms with Crippen LogP contribution in [0.5, 0.6) is 0 Å². The maximum Gasteiger partial charge on any atom is 0.252 e. The van der Waals surface area contributed by atoms with E-state index in [4.69, 9.17) is 0 Å². The molecule has 0 saturated heterocycles. The number of nitrogens with zero attached hydrogens (tertiary/aromatic N) is 1. The molecular formula is C18H24N2O2. The van der Waals surface area contributed by atoms with Gasteiger partial charge in [0, 0.05) is 36.3 Å². The van der Waals surface area contributed by atoms with Crippen LogP contribution in [-0.2, 0) is 7.05 Å². The Hall–Kier alpha value is -1.81. The number of hydrogen-bond acceptors (Lipinski definition) is 2. The zero-order chi connectivity index (χ0) is 15.6. The molecule has 1 saturated carbocycles. The zero-order valence-electron chi connectivity index (χ0n) is 13.1. The normalized spacial score (nSPS) is 18.1. The molecule has 2 N–H and O–H groups in total. The van der Waals surface area contributed by atoms with E-state index in [0.717, 1.165) is 36.6 Å². The molecule has 22 heavy (non-hydrogen) atoms. The van der Waals surface area contributed by atoms with Crippen LogP contribution >= 0.6 is 0 Å². The monoisotopic (exact) mass is 300 g/mol. The van der Waals surface area contributed by atoms with Gasteiger partial charge in [-0.2, -0.15) is 0 Å². The molecular weight excluding hydrogens is 276 g/mol. The predicted octanol–water partition coefficient (Wildman–Crippen LogP) is 2.99. The van der Waals surface area contributed by atoms with Crippen LogP contribution in [0.2, 0.25) is 0 Å².